The van der Waals surface area contributed by atoms with Crippen LogP contribution in [0.5, 0.6) is 0 Å². The molecule has 4 rings (SSSR count). The van der Waals surface area contributed by atoms with Crippen LogP contribution in [-0.2, 0) is 27.7 Å². The second-order valence-corrected chi connectivity index (χ2v) is 9.19. The van der Waals surface area contributed by atoms with Crippen molar-refractivity contribution in [3.05, 3.63) is 35.2 Å². The topological polar surface area (TPSA) is 116 Å². The first-order valence-electron chi connectivity index (χ1n) is 10.2. The molecule has 2 aliphatic heterocycles. The molecule has 0 atom stereocenters. The Kier molecular flexibility index (Phi) is 5.61. The van der Waals surface area contributed by atoms with E-state index in [1.54, 1.807) is 23.1 Å². The standard InChI is InChI=1S/C20H26N6O3S/c1-3-21-17-12-18(25-13(2)24-17)22-7-8-23-30(28,29)16-10-14-4-5-19(27)26-9-6-15(11-16)20(14)26/h10-12,23H,3-9H2,1-2H3,(H2,21,22,24,25). The summed E-state index contributed by atoms with van der Waals surface area (Å²) in [6.45, 7) is 5.80. The van der Waals surface area contributed by atoms with Crippen LogP contribution in [0.1, 0.15) is 30.3 Å². The maximum Gasteiger partial charge on any atom is 0.240 e. The lowest BCUT2D eigenvalue weighted by Crippen LogP contribution is -2.33. The smallest absolute Gasteiger partial charge is 0.240 e. The fourth-order valence-electron chi connectivity index (χ4n) is 3.97. The molecule has 0 unspecified atom stereocenters. The van der Waals surface area contributed by atoms with Crippen LogP contribution in [0.4, 0.5) is 17.3 Å². The SMILES string of the molecule is CCNc1cc(NCCNS(=O)(=O)c2cc3c4c(c2)CCN4C(=O)CC3)nc(C)n1. The summed E-state index contributed by atoms with van der Waals surface area (Å²) in [6, 6.07) is 5.20. The Labute approximate surface area is 176 Å². The van der Waals surface area contributed by atoms with Crippen LogP contribution in [0.3, 0.4) is 0 Å². The average Bonchev–Trinajstić information content (AvgIpc) is 3.13. The maximum absolute atomic E-state index is 12.8. The molecule has 0 saturated carbocycles. The summed E-state index contributed by atoms with van der Waals surface area (Å²) >= 11 is 0. The van der Waals surface area contributed by atoms with Gasteiger partial charge in [0.25, 0.3) is 0 Å². The lowest BCUT2D eigenvalue weighted by Gasteiger charge is -2.25. The van der Waals surface area contributed by atoms with Crippen molar-refractivity contribution >= 4 is 33.3 Å². The van der Waals surface area contributed by atoms with Crippen molar-refractivity contribution < 1.29 is 13.2 Å². The van der Waals surface area contributed by atoms with Crippen molar-refractivity contribution in [3.8, 4) is 0 Å². The van der Waals surface area contributed by atoms with Gasteiger partial charge in [-0.1, -0.05) is 0 Å². The van der Waals surface area contributed by atoms with Crippen LogP contribution < -0.4 is 20.3 Å². The molecule has 160 valence electrons. The summed E-state index contributed by atoms with van der Waals surface area (Å²) in [4.78, 5) is 22.7. The zero-order valence-corrected chi connectivity index (χ0v) is 18.0. The quantitative estimate of drug-likeness (QED) is 0.543. The van der Waals surface area contributed by atoms with E-state index in [0.717, 1.165) is 29.2 Å². The zero-order chi connectivity index (χ0) is 21.3. The van der Waals surface area contributed by atoms with Gasteiger partial charge in [0.2, 0.25) is 15.9 Å². The number of nitrogens with zero attached hydrogens (tertiary/aromatic N) is 3. The number of rotatable bonds is 8. The third-order valence-corrected chi connectivity index (χ3v) is 6.70. The Bertz CT molecular complexity index is 1090. The minimum absolute atomic E-state index is 0.123. The molecule has 2 aliphatic rings. The molecule has 0 fully saturated rings. The molecule has 1 amide bonds. The van der Waals surface area contributed by atoms with Gasteiger partial charge < -0.3 is 15.5 Å². The highest BCUT2D eigenvalue weighted by molar-refractivity contribution is 7.89. The van der Waals surface area contributed by atoms with Crippen LogP contribution >= 0.6 is 0 Å². The molecule has 0 spiro atoms. The van der Waals surface area contributed by atoms with Gasteiger partial charge in [0.1, 0.15) is 17.5 Å². The summed E-state index contributed by atoms with van der Waals surface area (Å²) in [5, 5.41) is 6.27. The number of carbonyl (C=O) groups excluding carboxylic acids is 1. The lowest BCUT2D eigenvalue weighted by atomic mass is 10.00. The lowest BCUT2D eigenvalue weighted by molar-refractivity contribution is -0.118. The molecule has 3 heterocycles. The van der Waals surface area contributed by atoms with Crippen molar-refractivity contribution in [2.45, 2.75) is 38.0 Å². The highest BCUT2D eigenvalue weighted by Crippen LogP contribution is 2.38. The third-order valence-electron chi connectivity index (χ3n) is 5.25. The molecule has 1 aromatic carbocycles. The Morgan fingerprint density at radius 3 is 2.43 bits per heavy atom. The van der Waals surface area contributed by atoms with Crippen LogP contribution in [0.15, 0.2) is 23.1 Å². The van der Waals surface area contributed by atoms with Crippen molar-refractivity contribution in [2.24, 2.45) is 0 Å². The largest absolute Gasteiger partial charge is 0.370 e. The molecule has 9 nitrogen and oxygen atoms in total. The number of hydrogen-bond acceptors (Lipinski definition) is 7. The number of amides is 1. The van der Waals surface area contributed by atoms with Crippen molar-refractivity contribution in [1.29, 1.82) is 0 Å². The van der Waals surface area contributed by atoms with E-state index in [-0.39, 0.29) is 17.3 Å². The number of aromatic nitrogens is 2. The normalized spacial score (nSPS) is 15.3. The van der Waals surface area contributed by atoms with E-state index >= 15 is 0 Å². The highest BCUT2D eigenvalue weighted by atomic mass is 32.2. The second-order valence-electron chi connectivity index (χ2n) is 7.43. The van der Waals surface area contributed by atoms with Crippen molar-refractivity contribution in [3.63, 3.8) is 0 Å². The van der Waals surface area contributed by atoms with Gasteiger partial charge in [-0.25, -0.2) is 23.1 Å². The number of nitrogens with one attached hydrogen (secondary N) is 3. The van der Waals surface area contributed by atoms with Gasteiger partial charge in [-0.05, 0) is 49.9 Å². The number of carbonyl (C=O) groups is 1. The molecule has 2 aromatic rings. The first kappa shape index (κ1) is 20.5. The molecular weight excluding hydrogens is 404 g/mol. The van der Waals surface area contributed by atoms with Crippen molar-refractivity contribution in [1.82, 2.24) is 14.7 Å². The maximum atomic E-state index is 12.8. The molecular formula is C20H26N6O3S. The molecule has 0 bridgehead atoms. The summed E-state index contributed by atoms with van der Waals surface area (Å²) in [5.41, 5.74) is 2.80. The van der Waals surface area contributed by atoms with E-state index in [2.05, 4.69) is 25.3 Å². The van der Waals surface area contributed by atoms with Gasteiger partial charge in [-0.3, -0.25) is 4.79 Å². The Morgan fingerprint density at radius 1 is 1.00 bits per heavy atom. The van der Waals surface area contributed by atoms with E-state index in [1.165, 1.54) is 0 Å². The van der Waals surface area contributed by atoms with Gasteiger partial charge in [-0.15, -0.1) is 0 Å². The summed E-state index contributed by atoms with van der Waals surface area (Å²) in [5.74, 6) is 2.13. The van der Waals surface area contributed by atoms with Gasteiger partial charge in [0.15, 0.2) is 0 Å². The van der Waals surface area contributed by atoms with Gasteiger partial charge in [0.05, 0.1) is 10.6 Å². The predicted molar refractivity (Wildman–Crippen MR) is 115 cm³/mol. The number of aryl methyl sites for hydroxylation is 2. The highest BCUT2D eigenvalue weighted by Gasteiger charge is 2.32. The fourth-order valence-corrected chi connectivity index (χ4v) is 5.10. The van der Waals surface area contributed by atoms with Crippen molar-refractivity contribution in [2.75, 3.05) is 41.7 Å². The molecule has 30 heavy (non-hydrogen) atoms. The molecule has 10 heteroatoms. The van der Waals surface area contributed by atoms with E-state index in [9.17, 15) is 13.2 Å². The molecule has 1 aromatic heterocycles. The molecule has 3 N–H and O–H groups in total. The zero-order valence-electron chi connectivity index (χ0n) is 17.2. The monoisotopic (exact) mass is 430 g/mol. The predicted octanol–water partition coefficient (Wildman–Crippen LogP) is 1.44. The van der Waals surface area contributed by atoms with E-state index in [1.807, 2.05) is 13.8 Å². The molecule has 0 saturated heterocycles. The van der Waals surface area contributed by atoms with Gasteiger partial charge in [-0.2, -0.15) is 0 Å². The first-order chi connectivity index (χ1) is 14.4. The minimum atomic E-state index is -3.64. The number of sulfonamides is 1. The van der Waals surface area contributed by atoms with E-state index in [4.69, 9.17) is 0 Å². The van der Waals surface area contributed by atoms with Gasteiger partial charge in [0, 0.05) is 38.7 Å². The third kappa shape index (κ3) is 4.10. The average molecular weight is 431 g/mol. The summed E-state index contributed by atoms with van der Waals surface area (Å²) < 4.78 is 28.3. The minimum Gasteiger partial charge on any atom is -0.370 e. The van der Waals surface area contributed by atoms with E-state index in [0.29, 0.717) is 44.0 Å². The Hall–Kier alpha value is -2.72. The second kappa shape index (κ2) is 8.19. The number of benzene rings is 1. The molecule has 0 radical (unpaired) electrons. The van der Waals surface area contributed by atoms with Gasteiger partial charge >= 0.3 is 0 Å². The Balaban J connectivity index is 1.41. The molecule has 0 aliphatic carbocycles. The Morgan fingerprint density at radius 2 is 1.70 bits per heavy atom. The van der Waals surface area contributed by atoms with Crippen LogP contribution in [0, 0.1) is 6.92 Å². The summed E-state index contributed by atoms with van der Waals surface area (Å²) in [7, 11) is -3.64. The fraction of sp³-hybridized carbons (Fsp3) is 0.450. The van der Waals surface area contributed by atoms with Crippen LogP contribution in [-0.4, -0.2) is 50.5 Å². The number of anilines is 3. The summed E-state index contributed by atoms with van der Waals surface area (Å²) in [6.07, 6.45) is 1.71. The first-order valence-corrected chi connectivity index (χ1v) is 11.6. The van der Waals surface area contributed by atoms with Crippen LogP contribution in [0.25, 0.3) is 0 Å². The van der Waals surface area contributed by atoms with Crippen LogP contribution in [0.2, 0.25) is 0 Å². The van der Waals surface area contributed by atoms with E-state index < -0.39 is 10.0 Å². The number of hydrogen-bond donors (Lipinski definition) is 3.